The summed E-state index contributed by atoms with van der Waals surface area (Å²) in [6.45, 7) is 4.95. The standard InChI is InChI=1S/C6H8Cl2N2/c1-4(6(8)9)3-5(7)10-2/h3H,2,9H2,1H3/b5-3-,6-4-. The van der Waals surface area contributed by atoms with Gasteiger partial charge < -0.3 is 5.73 Å². The number of aliphatic imine (C=N–C) groups is 1. The van der Waals surface area contributed by atoms with Crippen LogP contribution in [0, 0.1) is 0 Å². The first-order valence-corrected chi connectivity index (χ1v) is 3.29. The van der Waals surface area contributed by atoms with Crippen LogP contribution < -0.4 is 5.73 Å². The smallest absolute Gasteiger partial charge is 0.128 e. The molecule has 0 bridgehead atoms. The van der Waals surface area contributed by atoms with Gasteiger partial charge >= 0.3 is 0 Å². The van der Waals surface area contributed by atoms with Crippen molar-refractivity contribution in [2.45, 2.75) is 6.92 Å². The Kier molecular flexibility index (Phi) is 4.16. The van der Waals surface area contributed by atoms with Gasteiger partial charge in [0, 0.05) is 0 Å². The molecule has 0 unspecified atom stereocenters. The van der Waals surface area contributed by atoms with Gasteiger partial charge in [0.1, 0.15) is 10.3 Å². The second-order valence-corrected chi connectivity index (χ2v) is 2.45. The summed E-state index contributed by atoms with van der Waals surface area (Å²) in [7, 11) is 0. The van der Waals surface area contributed by atoms with E-state index in [9.17, 15) is 0 Å². The van der Waals surface area contributed by atoms with E-state index >= 15 is 0 Å². The lowest BCUT2D eigenvalue weighted by molar-refractivity contribution is 1.37. The van der Waals surface area contributed by atoms with Crippen LogP contribution in [0.4, 0.5) is 0 Å². The summed E-state index contributed by atoms with van der Waals surface area (Å²) < 4.78 is 0. The molecule has 10 heavy (non-hydrogen) atoms. The molecule has 0 saturated carbocycles. The maximum Gasteiger partial charge on any atom is 0.128 e. The number of halogens is 2. The Balaban J connectivity index is 4.42. The third kappa shape index (κ3) is 3.54. The third-order valence-corrected chi connectivity index (χ3v) is 1.39. The molecule has 0 aromatic carbocycles. The van der Waals surface area contributed by atoms with Crippen molar-refractivity contribution in [2.75, 3.05) is 0 Å². The van der Waals surface area contributed by atoms with Gasteiger partial charge in [-0.25, -0.2) is 0 Å². The molecule has 0 aliphatic carbocycles. The van der Waals surface area contributed by atoms with Gasteiger partial charge in [-0.15, -0.1) is 0 Å². The first kappa shape index (κ1) is 9.53. The van der Waals surface area contributed by atoms with Gasteiger partial charge in [0.25, 0.3) is 0 Å². The van der Waals surface area contributed by atoms with Crippen molar-refractivity contribution in [2.24, 2.45) is 10.7 Å². The summed E-state index contributed by atoms with van der Waals surface area (Å²) in [6.07, 6.45) is 1.54. The lowest BCUT2D eigenvalue weighted by atomic mass is 10.3. The van der Waals surface area contributed by atoms with Crippen LogP contribution in [0.3, 0.4) is 0 Å². The van der Waals surface area contributed by atoms with E-state index in [0.29, 0.717) is 5.57 Å². The van der Waals surface area contributed by atoms with Crippen LogP contribution in [0.5, 0.6) is 0 Å². The van der Waals surface area contributed by atoms with E-state index in [4.69, 9.17) is 28.9 Å². The Morgan fingerprint density at radius 2 is 2.10 bits per heavy atom. The number of allylic oxidation sites excluding steroid dienone is 2. The molecular weight excluding hydrogens is 171 g/mol. The fraction of sp³-hybridized carbons (Fsp3) is 0.167. The molecule has 0 atom stereocenters. The van der Waals surface area contributed by atoms with Gasteiger partial charge in [0.05, 0.1) is 0 Å². The molecule has 56 valence electrons. The van der Waals surface area contributed by atoms with Crippen LogP contribution in [-0.4, -0.2) is 6.72 Å². The molecule has 0 aromatic rings. The number of nitrogens with two attached hydrogens (primary N) is 1. The van der Waals surface area contributed by atoms with Gasteiger partial charge in [0.15, 0.2) is 0 Å². The monoisotopic (exact) mass is 178 g/mol. The molecule has 0 spiro atoms. The van der Waals surface area contributed by atoms with Crippen molar-refractivity contribution in [1.29, 1.82) is 0 Å². The van der Waals surface area contributed by atoms with E-state index in [1.165, 1.54) is 6.08 Å². The highest BCUT2D eigenvalue weighted by atomic mass is 35.5. The minimum atomic E-state index is 0.210. The van der Waals surface area contributed by atoms with Gasteiger partial charge in [-0.2, -0.15) is 0 Å². The largest absolute Gasteiger partial charge is 0.389 e. The molecule has 0 radical (unpaired) electrons. The highest BCUT2D eigenvalue weighted by molar-refractivity contribution is 6.31. The van der Waals surface area contributed by atoms with Gasteiger partial charge in [-0.05, 0) is 25.3 Å². The zero-order valence-electron chi connectivity index (χ0n) is 5.56. The zero-order chi connectivity index (χ0) is 8.15. The Morgan fingerprint density at radius 3 is 2.40 bits per heavy atom. The molecule has 0 heterocycles. The molecule has 0 aliphatic rings. The average molecular weight is 179 g/mol. The fourth-order valence-corrected chi connectivity index (χ4v) is 0.511. The predicted molar refractivity (Wildman–Crippen MR) is 46.2 cm³/mol. The van der Waals surface area contributed by atoms with Crippen LogP contribution >= 0.6 is 23.2 Å². The maximum absolute atomic E-state index is 5.49. The average Bonchev–Trinajstić information content (AvgIpc) is 1.87. The molecule has 2 N–H and O–H groups in total. The molecule has 0 aliphatic heterocycles. The minimum Gasteiger partial charge on any atom is -0.389 e. The summed E-state index contributed by atoms with van der Waals surface area (Å²) in [5, 5.41) is 0.489. The fourth-order valence-electron chi connectivity index (χ4n) is 0.293. The SMILES string of the molecule is C=N/C(Cl)=C\C(C)=C(/N)Cl. The Labute approximate surface area is 70.0 Å². The van der Waals surface area contributed by atoms with Crippen molar-refractivity contribution in [3.05, 3.63) is 22.0 Å². The maximum atomic E-state index is 5.49. The van der Waals surface area contributed by atoms with Crippen molar-refractivity contribution in [3.8, 4) is 0 Å². The van der Waals surface area contributed by atoms with Crippen LogP contribution in [0.1, 0.15) is 6.92 Å². The van der Waals surface area contributed by atoms with E-state index in [2.05, 4.69) is 11.7 Å². The quantitative estimate of drug-likeness (QED) is 0.393. The van der Waals surface area contributed by atoms with Crippen LogP contribution in [0.15, 0.2) is 27.0 Å². The molecular formula is C6H8Cl2N2. The summed E-state index contributed by atoms with van der Waals surface area (Å²) in [5.74, 6) is 0. The third-order valence-electron chi connectivity index (χ3n) is 0.863. The molecule has 2 nitrogen and oxygen atoms in total. The molecule has 0 fully saturated rings. The molecule has 0 saturated heterocycles. The van der Waals surface area contributed by atoms with Crippen molar-refractivity contribution in [1.82, 2.24) is 0 Å². The summed E-state index contributed by atoms with van der Waals surface area (Å²) in [5.41, 5.74) is 5.90. The Hall–Kier alpha value is -0.470. The van der Waals surface area contributed by atoms with E-state index in [0.717, 1.165) is 0 Å². The van der Waals surface area contributed by atoms with Crippen LogP contribution in [0.2, 0.25) is 0 Å². The topological polar surface area (TPSA) is 38.4 Å². The Bertz CT molecular complexity index is 190. The first-order valence-electron chi connectivity index (χ1n) is 2.53. The lowest BCUT2D eigenvalue weighted by Gasteiger charge is -1.92. The predicted octanol–water partition coefficient (Wildman–Crippen LogP) is 2.20. The molecule has 4 heteroatoms. The molecule has 0 aromatic heterocycles. The number of rotatable bonds is 2. The summed E-state index contributed by atoms with van der Waals surface area (Å²) in [6, 6.07) is 0. The van der Waals surface area contributed by atoms with Gasteiger partial charge in [-0.3, -0.25) is 4.99 Å². The number of nitrogens with zero attached hydrogens (tertiary/aromatic N) is 1. The van der Waals surface area contributed by atoms with E-state index < -0.39 is 0 Å². The van der Waals surface area contributed by atoms with Crippen molar-refractivity contribution in [3.63, 3.8) is 0 Å². The number of hydrogen-bond donors (Lipinski definition) is 1. The number of hydrogen-bond acceptors (Lipinski definition) is 2. The summed E-state index contributed by atoms with van der Waals surface area (Å²) >= 11 is 10.9. The van der Waals surface area contributed by atoms with Crippen LogP contribution in [-0.2, 0) is 0 Å². The van der Waals surface area contributed by atoms with E-state index in [1.807, 2.05) is 0 Å². The molecule has 0 rings (SSSR count). The van der Waals surface area contributed by atoms with E-state index in [1.54, 1.807) is 6.92 Å². The van der Waals surface area contributed by atoms with Gasteiger partial charge in [-0.1, -0.05) is 23.2 Å². The normalized spacial score (nSPS) is 14.5. The highest BCUT2D eigenvalue weighted by Crippen LogP contribution is 2.10. The lowest BCUT2D eigenvalue weighted by Crippen LogP contribution is -1.90. The molecule has 0 amide bonds. The Morgan fingerprint density at radius 1 is 1.60 bits per heavy atom. The van der Waals surface area contributed by atoms with Crippen LogP contribution in [0.25, 0.3) is 0 Å². The second-order valence-electron chi connectivity index (χ2n) is 1.66. The second kappa shape index (κ2) is 4.36. The first-order chi connectivity index (χ1) is 4.57. The highest BCUT2D eigenvalue weighted by Gasteiger charge is 1.90. The summed E-state index contributed by atoms with van der Waals surface area (Å²) in [4.78, 5) is 3.44. The zero-order valence-corrected chi connectivity index (χ0v) is 7.08. The van der Waals surface area contributed by atoms with E-state index in [-0.39, 0.29) is 10.3 Å². The van der Waals surface area contributed by atoms with Crippen molar-refractivity contribution >= 4 is 29.9 Å². The van der Waals surface area contributed by atoms with Gasteiger partial charge in [0.2, 0.25) is 0 Å². The minimum absolute atomic E-state index is 0.210. The van der Waals surface area contributed by atoms with Crippen molar-refractivity contribution < 1.29 is 0 Å².